The van der Waals surface area contributed by atoms with E-state index in [9.17, 15) is 14.7 Å². The first-order valence-corrected chi connectivity index (χ1v) is 9.14. The standard InChI is InChI=1S/C20H25N3O5/c1-20(2,3)28-19(26)22-13-27-12-17(22)15-9-10-21-23(15)16(18(24)25)11-14-7-5-4-6-8-14/h4-10,16-17H,11-13H2,1-3H3,(H,24,25)/t16-,17-/m0/s1. The second-order valence-electron chi connectivity index (χ2n) is 7.71. The molecule has 1 aromatic heterocycles. The number of carboxylic acids is 1. The third-order valence-electron chi connectivity index (χ3n) is 4.40. The van der Waals surface area contributed by atoms with Gasteiger partial charge in [-0.05, 0) is 32.4 Å². The van der Waals surface area contributed by atoms with Crippen molar-refractivity contribution in [1.82, 2.24) is 14.7 Å². The lowest BCUT2D eigenvalue weighted by molar-refractivity contribution is -0.141. The zero-order valence-corrected chi connectivity index (χ0v) is 16.2. The lowest BCUT2D eigenvalue weighted by Crippen LogP contribution is -2.38. The van der Waals surface area contributed by atoms with E-state index in [1.807, 2.05) is 30.3 Å². The van der Waals surface area contributed by atoms with E-state index in [0.29, 0.717) is 5.69 Å². The third-order valence-corrected chi connectivity index (χ3v) is 4.40. The van der Waals surface area contributed by atoms with E-state index in [-0.39, 0.29) is 19.8 Å². The van der Waals surface area contributed by atoms with Crippen molar-refractivity contribution in [1.29, 1.82) is 0 Å². The second kappa shape index (κ2) is 8.02. The Kier molecular flexibility index (Phi) is 5.69. The molecule has 28 heavy (non-hydrogen) atoms. The molecule has 0 radical (unpaired) electrons. The maximum absolute atomic E-state index is 12.6. The van der Waals surface area contributed by atoms with Gasteiger partial charge in [0.15, 0.2) is 6.04 Å². The van der Waals surface area contributed by atoms with Crippen molar-refractivity contribution < 1.29 is 24.2 Å². The fourth-order valence-corrected chi connectivity index (χ4v) is 3.15. The average Bonchev–Trinajstić information content (AvgIpc) is 3.27. The predicted molar refractivity (Wildman–Crippen MR) is 101 cm³/mol. The summed E-state index contributed by atoms with van der Waals surface area (Å²) in [5.74, 6) is -0.989. The van der Waals surface area contributed by atoms with Crippen molar-refractivity contribution in [2.24, 2.45) is 0 Å². The molecule has 0 spiro atoms. The highest BCUT2D eigenvalue weighted by Gasteiger charge is 2.37. The SMILES string of the molecule is CC(C)(C)OC(=O)N1COC[C@H]1c1ccnn1[C@@H](Cc1ccccc1)C(=O)O. The molecular formula is C20H25N3O5. The quantitative estimate of drug-likeness (QED) is 0.848. The molecule has 1 fully saturated rings. The Balaban J connectivity index is 1.86. The molecule has 1 N–H and O–H groups in total. The average molecular weight is 387 g/mol. The van der Waals surface area contributed by atoms with E-state index in [4.69, 9.17) is 9.47 Å². The predicted octanol–water partition coefficient (Wildman–Crippen LogP) is 3.02. The van der Waals surface area contributed by atoms with Crippen LogP contribution in [-0.2, 0) is 20.7 Å². The van der Waals surface area contributed by atoms with Gasteiger partial charge in [-0.15, -0.1) is 0 Å². The Bertz CT molecular complexity index is 828. The summed E-state index contributed by atoms with van der Waals surface area (Å²) < 4.78 is 12.4. The van der Waals surface area contributed by atoms with Gasteiger partial charge < -0.3 is 14.6 Å². The van der Waals surface area contributed by atoms with Crippen LogP contribution < -0.4 is 0 Å². The highest BCUT2D eigenvalue weighted by molar-refractivity contribution is 5.72. The number of carbonyl (C=O) groups is 2. The summed E-state index contributed by atoms with van der Waals surface area (Å²) in [6, 6.07) is 9.74. The van der Waals surface area contributed by atoms with Crippen LogP contribution in [0.1, 0.15) is 44.1 Å². The zero-order valence-electron chi connectivity index (χ0n) is 16.2. The molecule has 8 nitrogen and oxygen atoms in total. The number of benzene rings is 1. The van der Waals surface area contributed by atoms with Gasteiger partial charge >= 0.3 is 12.1 Å². The summed E-state index contributed by atoms with van der Waals surface area (Å²) in [4.78, 5) is 26.0. The van der Waals surface area contributed by atoms with Gasteiger partial charge in [-0.1, -0.05) is 30.3 Å². The van der Waals surface area contributed by atoms with Crippen LogP contribution in [0.25, 0.3) is 0 Å². The van der Waals surface area contributed by atoms with Gasteiger partial charge in [-0.25, -0.2) is 9.59 Å². The van der Waals surface area contributed by atoms with E-state index < -0.39 is 29.7 Å². The van der Waals surface area contributed by atoms with Crippen molar-refractivity contribution in [3.05, 3.63) is 53.9 Å². The minimum absolute atomic E-state index is 0.0845. The minimum Gasteiger partial charge on any atom is -0.480 e. The first-order chi connectivity index (χ1) is 13.3. The van der Waals surface area contributed by atoms with Crippen LogP contribution in [0.3, 0.4) is 0 Å². The zero-order chi connectivity index (χ0) is 20.3. The Morgan fingerprint density at radius 3 is 2.64 bits per heavy atom. The van der Waals surface area contributed by atoms with Crippen molar-refractivity contribution >= 4 is 12.1 Å². The maximum Gasteiger partial charge on any atom is 0.412 e. The fourth-order valence-electron chi connectivity index (χ4n) is 3.15. The van der Waals surface area contributed by atoms with Crippen molar-refractivity contribution in [3.63, 3.8) is 0 Å². The van der Waals surface area contributed by atoms with Gasteiger partial charge in [0.05, 0.1) is 12.3 Å². The van der Waals surface area contributed by atoms with Crippen molar-refractivity contribution in [2.75, 3.05) is 13.3 Å². The van der Waals surface area contributed by atoms with E-state index in [1.165, 1.54) is 9.58 Å². The van der Waals surface area contributed by atoms with Crippen LogP contribution in [0.2, 0.25) is 0 Å². The molecule has 2 heterocycles. The lowest BCUT2D eigenvalue weighted by atomic mass is 10.1. The summed E-state index contributed by atoms with van der Waals surface area (Å²) in [5, 5.41) is 14.1. The fraction of sp³-hybridized carbons (Fsp3) is 0.450. The topological polar surface area (TPSA) is 93.9 Å². The summed E-state index contributed by atoms with van der Waals surface area (Å²) in [5.41, 5.74) is 0.858. The Morgan fingerprint density at radius 2 is 2.00 bits per heavy atom. The van der Waals surface area contributed by atoms with Crippen LogP contribution in [0.5, 0.6) is 0 Å². The van der Waals surface area contributed by atoms with Gasteiger partial charge in [0.1, 0.15) is 18.4 Å². The second-order valence-corrected chi connectivity index (χ2v) is 7.71. The number of hydrogen-bond acceptors (Lipinski definition) is 5. The molecule has 2 aromatic rings. The Morgan fingerprint density at radius 1 is 1.29 bits per heavy atom. The minimum atomic E-state index is -0.989. The Labute approximate surface area is 163 Å². The van der Waals surface area contributed by atoms with Crippen LogP contribution in [0.15, 0.2) is 42.6 Å². The molecule has 0 aliphatic carbocycles. The van der Waals surface area contributed by atoms with Crippen LogP contribution >= 0.6 is 0 Å². The molecular weight excluding hydrogens is 362 g/mol. The maximum atomic E-state index is 12.6. The Hall–Kier alpha value is -2.87. The molecule has 1 saturated heterocycles. The van der Waals surface area contributed by atoms with Gasteiger partial charge in [-0.3, -0.25) is 9.58 Å². The third kappa shape index (κ3) is 4.51. The highest BCUT2D eigenvalue weighted by Crippen LogP contribution is 2.30. The number of aromatic nitrogens is 2. The largest absolute Gasteiger partial charge is 0.480 e. The molecule has 0 saturated carbocycles. The lowest BCUT2D eigenvalue weighted by Gasteiger charge is -2.28. The summed E-state index contributed by atoms with van der Waals surface area (Å²) in [7, 11) is 0. The van der Waals surface area contributed by atoms with E-state index in [0.717, 1.165) is 5.56 Å². The number of aliphatic carboxylic acids is 1. The molecule has 2 atom stereocenters. The number of nitrogens with zero attached hydrogens (tertiary/aromatic N) is 3. The molecule has 150 valence electrons. The van der Waals surface area contributed by atoms with Gasteiger partial charge in [-0.2, -0.15) is 5.10 Å². The van der Waals surface area contributed by atoms with Crippen molar-refractivity contribution in [3.8, 4) is 0 Å². The number of rotatable bonds is 5. The van der Waals surface area contributed by atoms with Crippen LogP contribution in [0, 0.1) is 0 Å². The monoisotopic (exact) mass is 387 g/mol. The normalized spacial score (nSPS) is 18.1. The summed E-state index contributed by atoms with van der Waals surface area (Å²) in [6.07, 6.45) is 1.32. The summed E-state index contributed by atoms with van der Waals surface area (Å²) >= 11 is 0. The molecule has 1 aliphatic heterocycles. The highest BCUT2D eigenvalue weighted by atomic mass is 16.6. The molecule has 1 aliphatic rings. The molecule has 1 aromatic carbocycles. The number of carbonyl (C=O) groups excluding carboxylic acids is 1. The summed E-state index contributed by atoms with van der Waals surface area (Å²) in [6.45, 7) is 5.72. The van der Waals surface area contributed by atoms with E-state index in [1.54, 1.807) is 33.0 Å². The first-order valence-electron chi connectivity index (χ1n) is 9.14. The molecule has 0 bridgehead atoms. The van der Waals surface area contributed by atoms with E-state index >= 15 is 0 Å². The van der Waals surface area contributed by atoms with Crippen molar-refractivity contribution in [2.45, 2.75) is 44.9 Å². The number of hydrogen-bond donors (Lipinski definition) is 1. The molecule has 3 rings (SSSR count). The van der Waals surface area contributed by atoms with Crippen LogP contribution in [0.4, 0.5) is 4.79 Å². The number of carboxylic acid groups (broad SMARTS) is 1. The number of amides is 1. The van der Waals surface area contributed by atoms with Gasteiger partial charge in [0, 0.05) is 12.6 Å². The van der Waals surface area contributed by atoms with Gasteiger partial charge in [0.25, 0.3) is 0 Å². The molecule has 1 amide bonds. The number of ether oxygens (including phenoxy) is 2. The molecule has 0 unspecified atom stereocenters. The van der Waals surface area contributed by atoms with Crippen LogP contribution in [-0.4, -0.2) is 50.8 Å². The molecule has 8 heteroatoms. The van der Waals surface area contributed by atoms with E-state index in [2.05, 4.69) is 5.10 Å². The first kappa shape index (κ1) is 19.9. The van der Waals surface area contributed by atoms with Gasteiger partial charge in [0.2, 0.25) is 0 Å². The smallest absolute Gasteiger partial charge is 0.412 e.